The van der Waals surface area contributed by atoms with Crippen LogP contribution in [0.25, 0.3) is 32.7 Å². The number of hydrogen-bond donors (Lipinski definition) is 0. The van der Waals surface area contributed by atoms with E-state index in [0.29, 0.717) is 0 Å². The Balaban J connectivity index is 0.000000614. The van der Waals surface area contributed by atoms with E-state index >= 15 is 0 Å². The Bertz CT molecular complexity index is 1000. The number of fused-ring (bicyclic) bond motifs is 2. The minimum atomic E-state index is -0.251. The van der Waals surface area contributed by atoms with Crippen molar-refractivity contribution in [3.63, 3.8) is 0 Å². The first-order chi connectivity index (χ1) is 13.2. The topological polar surface area (TPSA) is 3.88 Å². The summed E-state index contributed by atoms with van der Waals surface area (Å²) in [5, 5.41) is 4.50. The third-order valence-electron chi connectivity index (χ3n) is 4.24. The minimum Gasteiger partial charge on any atom is -0.176 e. The predicted molar refractivity (Wildman–Crippen MR) is 118 cm³/mol. The molecule has 0 fully saturated rings. The van der Waals surface area contributed by atoms with Gasteiger partial charge in [0.25, 0.3) is 0 Å². The standard InChI is InChI=1S/C20H14BrFN.2C2H6/c1-23-11-10-13(12-18(23)22)19-14-6-2-4-8-16(14)20(21)17-9-5-3-7-15(17)19;2*1-2/h2-12H,1H3;2*1-2H3/q+1;;. The van der Waals surface area contributed by atoms with Gasteiger partial charge in [-0.05, 0) is 48.6 Å². The number of rotatable bonds is 1. The monoisotopic (exact) mass is 426 g/mol. The van der Waals surface area contributed by atoms with Crippen LogP contribution < -0.4 is 4.57 Å². The first-order valence-electron chi connectivity index (χ1n) is 9.41. The first-order valence-corrected chi connectivity index (χ1v) is 10.2. The third kappa shape index (κ3) is 4.03. The molecule has 27 heavy (non-hydrogen) atoms. The van der Waals surface area contributed by atoms with Crippen molar-refractivity contribution in [2.75, 3.05) is 0 Å². The number of pyridine rings is 1. The summed E-state index contributed by atoms with van der Waals surface area (Å²) in [6.07, 6.45) is 1.76. The molecular weight excluding hydrogens is 401 g/mol. The number of benzene rings is 3. The molecule has 0 radical (unpaired) electrons. The van der Waals surface area contributed by atoms with Crippen LogP contribution in [0.5, 0.6) is 0 Å². The maximum atomic E-state index is 14.1. The Morgan fingerprint density at radius 1 is 0.741 bits per heavy atom. The Labute approximate surface area is 169 Å². The molecule has 0 atom stereocenters. The summed E-state index contributed by atoms with van der Waals surface area (Å²) in [6.45, 7) is 8.00. The Morgan fingerprint density at radius 3 is 1.63 bits per heavy atom. The zero-order valence-electron chi connectivity index (χ0n) is 16.6. The number of aromatic nitrogens is 1. The lowest BCUT2D eigenvalue weighted by Crippen LogP contribution is -2.31. The van der Waals surface area contributed by atoms with Crippen LogP contribution in [0.2, 0.25) is 0 Å². The highest BCUT2D eigenvalue weighted by atomic mass is 79.9. The first kappa shape index (κ1) is 21.0. The maximum Gasteiger partial charge on any atom is 0.359 e. The summed E-state index contributed by atoms with van der Waals surface area (Å²) in [6, 6.07) is 20.0. The molecule has 0 aliphatic heterocycles. The van der Waals surface area contributed by atoms with Crippen molar-refractivity contribution in [2.45, 2.75) is 27.7 Å². The molecule has 3 aromatic carbocycles. The lowest BCUT2D eigenvalue weighted by atomic mass is 9.92. The predicted octanol–water partition coefficient (Wildman–Crippen LogP) is 7.44. The lowest BCUT2D eigenvalue weighted by molar-refractivity contribution is -0.700. The molecule has 0 bridgehead atoms. The molecule has 0 saturated carbocycles. The van der Waals surface area contributed by atoms with E-state index in [1.165, 1.54) is 4.57 Å². The smallest absolute Gasteiger partial charge is 0.176 e. The van der Waals surface area contributed by atoms with Gasteiger partial charge in [-0.25, -0.2) is 0 Å². The van der Waals surface area contributed by atoms with Gasteiger partial charge >= 0.3 is 5.95 Å². The molecule has 0 aliphatic rings. The number of halogens is 2. The molecular formula is C24H26BrFN+. The summed E-state index contributed by atoms with van der Waals surface area (Å²) >= 11 is 3.74. The molecule has 0 amide bonds. The van der Waals surface area contributed by atoms with Crippen LogP contribution in [0.3, 0.4) is 0 Å². The highest BCUT2D eigenvalue weighted by Crippen LogP contribution is 2.41. The van der Waals surface area contributed by atoms with E-state index < -0.39 is 0 Å². The summed E-state index contributed by atoms with van der Waals surface area (Å²) in [5.41, 5.74) is 1.96. The Morgan fingerprint density at radius 2 is 1.19 bits per heavy atom. The van der Waals surface area contributed by atoms with E-state index in [4.69, 9.17) is 0 Å². The van der Waals surface area contributed by atoms with Gasteiger partial charge in [0.2, 0.25) is 0 Å². The second kappa shape index (κ2) is 9.61. The second-order valence-corrected chi connectivity index (χ2v) is 6.42. The summed E-state index contributed by atoms with van der Waals surface area (Å²) < 4.78 is 16.7. The van der Waals surface area contributed by atoms with Crippen molar-refractivity contribution in [1.29, 1.82) is 0 Å². The molecule has 1 aromatic heterocycles. The summed E-state index contributed by atoms with van der Waals surface area (Å²) in [7, 11) is 1.71. The van der Waals surface area contributed by atoms with E-state index in [0.717, 1.165) is 37.1 Å². The molecule has 0 aliphatic carbocycles. The van der Waals surface area contributed by atoms with Gasteiger partial charge in [-0.2, -0.15) is 4.57 Å². The van der Waals surface area contributed by atoms with Crippen molar-refractivity contribution >= 4 is 37.5 Å². The van der Waals surface area contributed by atoms with Crippen LogP contribution in [0.1, 0.15) is 27.7 Å². The molecule has 1 nitrogen and oxygen atoms in total. The fourth-order valence-electron chi connectivity index (χ4n) is 3.08. The average Bonchev–Trinajstić information content (AvgIpc) is 2.74. The van der Waals surface area contributed by atoms with E-state index in [1.807, 2.05) is 58.0 Å². The molecule has 4 aromatic rings. The molecule has 0 saturated heterocycles. The Hall–Kier alpha value is -2.26. The van der Waals surface area contributed by atoms with Crippen LogP contribution in [-0.2, 0) is 7.05 Å². The fourth-order valence-corrected chi connectivity index (χ4v) is 3.77. The largest absolute Gasteiger partial charge is 0.359 e. The quantitative estimate of drug-likeness (QED) is 0.169. The van der Waals surface area contributed by atoms with Gasteiger partial charge in [0.15, 0.2) is 6.20 Å². The van der Waals surface area contributed by atoms with Crippen molar-refractivity contribution in [3.05, 3.63) is 77.3 Å². The van der Waals surface area contributed by atoms with Crippen molar-refractivity contribution in [2.24, 2.45) is 7.05 Å². The van der Waals surface area contributed by atoms with Gasteiger partial charge in [0.05, 0.1) is 6.07 Å². The molecule has 3 heteroatoms. The highest BCUT2D eigenvalue weighted by molar-refractivity contribution is 9.10. The number of aryl methyl sites for hydroxylation is 1. The van der Waals surface area contributed by atoms with Crippen molar-refractivity contribution in [1.82, 2.24) is 0 Å². The average molecular weight is 427 g/mol. The van der Waals surface area contributed by atoms with E-state index in [2.05, 4.69) is 40.2 Å². The SMILES string of the molecule is CC.CC.C[n+]1ccc(-c2c3ccccc3c(Br)c3ccccc23)cc1F. The third-order valence-corrected chi connectivity index (χ3v) is 5.10. The van der Waals surface area contributed by atoms with Gasteiger partial charge in [0, 0.05) is 10.5 Å². The molecule has 0 N–H and O–H groups in total. The molecule has 4 rings (SSSR count). The van der Waals surface area contributed by atoms with Gasteiger partial charge < -0.3 is 0 Å². The van der Waals surface area contributed by atoms with Gasteiger partial charge in [-0.3, -0.25) is 0 Å². The van der Waals surface area contributed by atoms with Crippen molar-refractivity contribution < 1.29 is 8.96 Å². The molecule has 1 heterocycles. The van der Waals surface area contributed by atoms with Gasteiger partial charge in [-0.1, -0.05) is 76.2 Å². The highest BCUT2D eigenvalue weighted by Gasteiger charge is 2.16. The molecule has 0 spiro atoms. The summed E-state index contributed by atoms with van der Waals surface area (Å²) in [4.78, 5) is 0. The zero-order chi connectivity index (χ0) is 20.0. The normalized spacial score (nSPS) is 10.0. The zero-order valence-corrected chi connectivity index (χ0v) is 18.1. The van der Waals surface area contributed by atoms with Crippen LogP contribution in [0.15, 0.2) is 71.3 Å². The van der Waals surface area contributed by atoms with Gasteiger partial charge in [0.1, 0.15) is 7.05 Å². The maximum absolute atomic E-state index is 14.1. The number of hydrogen-bond acceptors (Lipinski definition) is 0. The van der Waals surface area contributed by atoms with Crippen LogP contribution >= 0.6 is 15.9 Å². The van der Waals surface area contributed by atoms with E-state index in [9.17, 15) is 4.39 Å². The van der Waals surface area contributed by atoms with E-state index in [1.54, 1.807) is 19.3 Å². The summed E-state index contributed by atoms with van der Waals surface area (Å²) in [5.74, 6) is -0.251. The Kier molecular flexibility index (Phi) is 7.49. The van der Waals surface area contributed by atoms with Crippen molar-refractivity contribution in [3.8, 4) is 11.1 Å². The molecule has 140 valence electrons. The second-order valence-electron chi connectivity index (χ2n) is 5.63. The fraction of sp³-hybridized carbons (Fsp3) is 0.208. The van der Waals surface area contributed by atoms with Crippen LogP contribution in [-0.4, -0.2) is 0 Å². The lowest BCUT2D eigenvalue weighted by Gasteiger charge is -2.13. The minimum absolute atomic E-state index is 0.251. The molecule has 0 unspecified atom stereocenters. The van der Waals surface area contributed by atoms with Crippen LogP contribution in [0, 0.1) is 5.95 Å². The number of nitrogens with zero attached hydrogens (tertiary/aromatic N) is 1. The van der Waals surface area contributed by atoms with Gasteiger partial charge in [-0.15, -0.1) is 4.39 Å². The van der Waals surface area contributed by atoms with Crippen LogP contribution in [0.4, 0.5) is 4.39 Å². The van der Waals surface area contributed by atoms with E-state index in [-0.39, 0.29) is 5.95 Å².